The molecule has 1 aromatic rings. The number of aromatic nitrogens is 3. The third-order valence-corrected chi connectivity index (χ3v) is 2.81. The smallest absolute Gasteiger partial charge is 0.242 e. The second kappa shape index (κ2) is 5.79. The fraction of sp³-hybridized carbons (Fsp3) is 0.636. The van der Waals surface area contributed by atoms with E-state index in [4.69, 9.17) is 4.74 Å². The van der Waals surface area contributed by atoms with Gasteiger partial charge in [0.1, 0.15) is 11.9 Å². The number of carbonyl (C=O) groups is 2. The molecule has 8 heteroatoms. The Hall–Kier alpha value is -1.96. The van der Waals surface area contributed by atoms with Gasteiger partial charge in [0.25, 0.3) is 0 Å². The van der Waals surface area contributed by atoms with Crippen LogP contribution in [0.2, 0.25) is 0 Å². The summed E-state index contributed by atoms with van der Waals surface area (Å²) >= 11 is 0. The van der Waals surface area contributed by atoms with Crippen molar-refractivity contribution in [2.45, 2.75) is 20.0 Å². The average Bonchev–Trinajstić information content (AvgIpc) is 2.83. The van der Waals surface area contributed by atoms with Crippen LogP contribution in [0.3, 0.4) is 0 Å². The molecule has 0 spiro atoms. The van der Waals surface area contributed by atoms with Crippen LogP contribution in [0.25, 0.3) is 0 Å². The quantitative estimate of drug-likeness (QED) is 0.743. The highest BCUT2D eigenvalue weighted by Crippen LogP contribution is 2.18. The van der Waals surface area contributed by atoms with E-state index in [1.54, 1.807) is 11.8 Å². The van der Waals surface area contributed by atoms with Gasteiger partial charge < -0.3 is 15.0 Å². The van der Waals surface area contributed by atoms with Crippen LogP contribution in [0.4, 0.5) is 0 Å². The van der Waals surface area contributed by atoms with E-state index in [1.165, 1.54) is 6.92 Å². The van der Waals surface area contributed by atoms with Crippen molar-refractivity contribution in [3.05, 3.63) is 11.6 Å². The summed E-state index contributed by atoms with van der Waals surface area (Å²) in [6.07, 6.45) is -0.319. The Morgan fingerprint density at radius 1 is 1.58 bits per heavy atom. The number of aryl methyl sites for hydroxylation is 1. The predicted molar refractivity (Wildman–Crippen MR) is 65.1 cm³/mol. The summed E-state index contributed by atoms with van der Waals surface area (Å²) in [4.78, 5) is 28.5. The van der Waals surface area contributed by atoms with Crippen molar-refractivity contribution in [1.29, 1.82) is 0 Å². The SMILES string of the molecule is CC(=O)NCC(=O)N1CCOC(c2n[nH]c(C)n2)C1. The zero-order valence-electron chi connectivity index (χ0n) is 11.0. The summed E-state index contributed by atoms with van der Waals surface area (Å²) in [6, 6.07) is 0. The zero-order valence-corrected chi connectivity index (χ0v) is 11.0. The van der Waals surface area contributed by atoms with Crippen molar-refractivity contribution in [3.63, 3.8) is 0 Å². The number of H-pyrrole nitrogens is 1. The van der Waals surface area contributed by atoms with Crippen molar-refractivity contribution in [2.75, 3.05) is 26.2 Å². The second-order valence-corrected chi connectivity index (χ2v) is 4.39. The minimum Gasteiger partial charge on any atom is -0.366 e. The molecule has 2 heterocycles. The molecule has 2 N–H and O–H groups in total. The first-order chi connectivity index (χ1) is 9.06. The van der Waals surface area contributed by atoms with Crippen molar-refractivity contribution in [2.24, 2.45) is 0 Å². The Morgan fingerprint density at radius 3 is 3.00 bits per heavy atom. The molecule has 0 radical (unpaired) electrons. The lowest BCUT2D eigenvalue weighted by Crippen LogP contribution is -2.46. The minimum atomic E-state index is -0.319. The van der Waals surface area contributed by atoms with Gasteiger partial charge in [0.2, 0.25) is 11.8 Å². The molecule has 1 fully saturated rings. The molecule has 104 valence electrons. The van der Waals surface area contributed by atoms with Crippen LogP contribution in [0.15, 0.2) is 0 Å². The Morgan fingerprint density at radius 2 is 2.37 bits per heavy atom. The van der Waals surface area contributed by atoms with Crippen LogP contribution in [0.1, 0.15) is 24.7 Å². The van der Waals surface area contributed by atoms with Crippen LogP contribution in [-0.2, 0) is 14.3 Å². The standard InChI is InChI=1S/C11H17N5O3/c1-7-13-11(15-14-7)9-6-16(3-4-19-9)10(18)5-12-8(2)17/h9H,3-6H2,1-2H3,(H,12,17)(H,13,14,15). The van der Waals surface area contributed by atoms with Gasteiger partial charge in [-0.05, 0) is 6.92 Å². The molecular weight excluding hydrogens is 250 g/mol. The molecule has 1 saturated heterocycles. The first-order valence-corrected chi connectivity index (χ1v) is 6.09. The molecular formula is C11H17N5O3. The van der Waals surface area contributed by atoms with E-state index in [9.17, 15) is 9.59 Å². The Labute approximate surface area is 110 Å². The van der Waals surface area contributed by atoms with Gasteiger partial charge in [0, 0.05) is 13.5 Å². The zero-order chi connectivity index (χ0) is 13.8. The van der Waals surface area contributed by atoms with Crippen LogP contribution >= 0.6 is 0 Å². The van der Waals surface area contributed by atoms with E-state index in [0.29, 0.717) is 31.3 Å². The van der Waals surface area contributed by atoms with Gasteiger partial charge in [0.15, 0.2) is 5.82 Å². The molecule has 2 amide bonds. The van der Waals surface area contributed by atoms with Gasteiger partial charge in [-0.15, -0.1) is 0 Å². The first kappa shape index (κ1) is 13.5. The molecule has 0 aliphatic carbocycles. The molecule has 0 saturated carbocycles. The molecule has 1 unspecified atom stereocenters. The van der Waals surface area contributed by atoms with Gasteiger partial charge in [-0.1, -0.05) is 0 Å². The first-order valence-electron chi connectivity index (χ1n) is 6.09. The Kier molecular flexibility index (Phi) is 4.10. The normalized spacial score (nSPS) is 19.3. The van der Waals surface area contributed by atoms with Gasteiger partial charge in [-0.2, -0.15) is 5.10 Å². The summed E-state index contributed by atoms with van der Waals surface area (Å²) in [7, 11) is 0. The lowest BCUT2D eigenvalue weighted by molar-refractivity contribution is -0.139. The van der Waals surface area contributed by atoms with Crippen LogP contribution < -0.4 is 5.32 Å². The lowest BCUT2D eigenvalue weighted by atomic mass is 10.2. The minimum absolute atomic E-state index is 0.00900. The monoisotopic (exact) mass is 267 g/mol. The van der Waals surface area contributed by atoms with Crippen LogP contribution in [-0.4, -0.2) is 58.1 Å². The highest BCUT2D eigenvalue weighted by Gasteiger charge is 2.27. The maximum Gasteiger partial charge on any atom is 0.242 e. The summed E-state index contributed by atoms with van der Waals surface area (Å²) in [6.45, 7) is 4.54. The number of hydrogen-bond donors (Lipinski definition) is 2. The number of carbonyl (C=O) groups excluding carboxylic acids is 2. The third kappa shape index (κ3) is 3.50. The molecule has 1 aromatic heterocycles. The molecule has 1 aliphatic heterocycles. The van der Waals surface area contributed by atoms with Crippen LogP contribution in [0.5, 0.6) is 0 Å². The van der Waals surface area contributed by atoms with Crippen molar-refractivity contribution in [3.8, 4) is 0 Å². The van der Waals surface area contributed by atoms with Crippen molar-refractivity contribution >= 4 is 11.8 Å². The third-order valence-electron chi connectivity index (χ3n) is 2.81. The van der Waals surface area contributed by atoms with Crippen LogP contribution in [0, 0.1) is 6.92 Å². The van der Waals surface area contributed by atoms with E-state index in [1.807, 2.05) is 0 Å². The Balaban J connectivity index is 1.93. The Bertz CT molecular complexity index is 473. The maximum atomic E-state index is 11.9. The van der Waals surface area contributed by atoms with Gasteiger partial charge in [0.05, 0.1) is 19.7 Å². The number of aromatic amines is 1. The van der Waals surface area contributed by atoms with E-state index in [2.05, 4.69) is 20.5 Å². The summed E-state index contributed by atoms with van der Waals surface area (Å²) < 4.78 is 5.56. The van der Waals surface area contributed by atoms with E-state index in [0.717, 1.165) is 0 Å². The lowest BCUT2D eigenvalue weighted by Gasteiger charge is -2.31. The molecule has 0 aromatic carbocycles. The molecule has 8 nitrogen and oxygen atoms in total. The highest BCUT2D eigenvalue weighted by molar-refractivity contribution is 5.83. The number of nitrogens with zero attached hydrogens (tertiary/aromatic N) is 3. The van der Waals surface area contributed by atoms with Gasteiger partial charge >= 0.3 is 0 Å². The number of ether oxygens (including phenoxy) is 1. The van der Waals surface area contributed by atoms with Crippen molar-refractivity contribution < 1.29 is 14.3 Å². The summed E-state index contributed by atoms with van der Waals surface area (Å²) in [5, 5.41) is 9.28. The maximum absolute atomic E-state index is 11.9. The fourth-order valence-electron chi connectivity index (χ4n) is 1.85. The predicted octanol–water partition coefficient (Wildman–Crippen LogP) is -0.851. The number of nitrogens with one attached hydrogen (secondary N) is 2. The highest BCUT2D eigenvalue weighted by atomic mass is 16.5. The van der Waals surface area contributed by atoms with Crippen molar-refractivity contribution in [1.82, 2.24) is 25.4 Å². The van der Waals surface area contributed by atoms with E-state index < -0.39 is 0 Å². The number of hydrogen-bond acceptors (Lipinski definition) is 5. The summed E-state index contributed by atoms with van der Waals surface area (Å²) in [5.74, 6) is 0.910. The van der Waals surface area contributed by atoms with Gasteiger partial charge in [-0.25, -0.2) is 4.98 Å². The van der Waals surface area contributed by atoms with Gasteiger partial charge in [-0.3, -0.25) is 14.7 Å². The molecule has 2 rings (SSSR count). The fourth-order valence-corrected chi connectivity index (χ4v) is 1.85. The molecule has 0 bridgehead atoms. The molecule has 1 aliphatic rings. The van der Waals surface area contributed by atoms with E-state index in [-0.39, 0.29) is 24.5 Å². The number of amides is 2. The second-order valence-electron chi connectivity index (χ2n) is 4.39. The topological polar surface area (TPSA) is 100 Å². The van der Waals surface area contributed by atoms with E-state index >= 15 is 0 Å². The average molecular weight is 267 g/mol. The largest absolute Gasteiger partial charge is 0.366 e. The number of morpholine rings is 1. The molecule has 1 atom stereocenters. The number of rotatable bonds is 3. The summed E-state index contributed by atoms with van der Waals surface area (Å²) in [5.41, 5.74) is 0. The molecule has 19 heavy (non-hydrogen) atoms.